The molecule has 2 N–H and O–H groups in total. The molecule has 0 aliphatic carbocycles. The van der Waals surface area contributed by atoms with Crippen molar-refractivity contribution in [2.45, 2.75) is 27.3 Å². The minimum Gasteiger partial charge on any atom is -0.465 e. The van der Waals surface area contributed by atoms with Crippen LogP contribution in [0.3, 0.4) is 0 Å². The molecule has 0 radical (unpaired) electrons. The number of benzene rings is 1. The summed E-state index contributed by atoms with van der Waals surface area (Å²) in [6.07, 6.45) is 1.66. The van der Waals surface area contributed by atoms with Gasteiger partial charge < -0.3 is 20.3 Å². The maximum atomic E-state index is 14.2. The third-order valence-electron chi connectivity index (χ3n) is 5.34. The number of esters is 1. The van der Waals surface area contributed by atoms with Gasteiger partial charge in [-0.15, -0.1) is 11.3 Å². The fourth-order valence-corrected chi connectivity index (χ4v) is 5.53. The maximum absolute atomic E-state index is 14.2. The number of carbonyl (C=O) groups excluding carboxylic acids is 2. The van der Waals surface area contributed by atoms with Gasteiger partial charge >= 0.3 is 5.97 Å². The molecule has 8 nitrogen and oxygen atoms in total. The number of hydrogen-bond donors (Lipinski definition) is 2. The second-order valence-electron chi connectivity index (χ2n) is 7.53. The van der Waals surface area contributed by atoms with Crippen molar-refractivity contribution in [1.82, 2.24) is 14.7 Å². The van der Waals surface area contributed by atoms with Crippen LogP contribution in [0.4, 0.5) is 15.2 Å². The number of methoxy groups -OCH3 is 1. The molecule has 0 aliphatic rings. The summed E-state index contributed by atoms with van der Waals surface area (Å²) < 4.78 is 21.2. The van der Waals surface area contributed by atoms with Crippen molar-refractivity contribution in [2.75, 3.05) is 30.8 Å². The summed E-state index contributed by atoms with van der Waals surface area (Å²) in [6, 6.07) is 4.48. The molecule has 0 fully saturated rings. The average Bonchev–Trinajstić information content (AvgIpc) is 3.34. The number of carbonyl (C=O) groups is 2. The SMILES string of the molecule is CCN(CC)C(=O)c1sc(NC(=S)Nc2nn(Cc3c(F)cccc3Cl)cc2Br)c(C(=O)OC)c1C. The molecular formula is C23H24BrClFN5O3S2. The quantitative estimate of drug-likeness (QED) is 0.239. The molecule has 3 rings (SSSR count). The van der Waals surface area contributed by atoms with Crippen LogP contribution in [0, 0.1) is 12.7 Å². The van der Waals surface area contributed by atoms with Crippen LogP contribution >= 0.6 is 51.1 Å². The first kappa shape index (κ1) is 28.0. The molecule has 13 heteroatoms. The molecule has 192 valence electrons. The molecule has 0 unspecified atom stereocenters. The van der Waals surface area contributed by atoms with E-state index < -0.39 is 11.8 Å². The van der Waals surface area contributed by atoms with Crippen LogP contribution in [0.2, 0.25) is 5.02 Å². The fourth-order valence-electron chi connectivity index (χ4n) is 3.46. The Kier molecular flexibility index (Phi) is 9.45. The fraction of sp³-hybridized carbons (Fsp3) is 0.304. The van der Waals surface area contributed by atoms with E-state index in [0.717, 1.165) is 11.3 Å². The first-order valence-electron chi connectivity index (χ1n) is 10.9. The van der Waals surface area contributed by atoms with E-state index in [-0.39, 0.29) is 23.1 Å². The Hall–Kier alpha value is -2.54. The third kappa shape index (κ3) is 6.05. The van der Waals surface area contributed by atoms with E-state index in [1.54, 1.807) is 24.1 Å². The van der Waals surface area contributed by atoms with Crippen molar-refractivity contribution in [3.8, 4) is 0 Å². The zero-order valence-electron chi connectivity index (χ0n) is 19.9. The summed E-state index contributed by atoms with van der Waals surface area (Å²) in [5.74, 6) is -0.820. The summed E-state index contributed by atoms with van der Waals surface area (Å²) in [4.78, 5) is 27.6. The monoisotopic (exact) mass is 615 g/mol. The minimum atomic E-state index is -0.583. The van der Waals surface area contributed by atoms with Crippen molar-refractivity contribution in [1.29, 1.82) is 0 Å². The Labute approximate surface area is 230 Å². The van der Waals surface area contributed by atoms with Crippen molar-refractivity contribution in [3.05, 3.63) is 61.3 Å². The number of anilines is 2. The van der Waals surface area contributed by atoms with E-state index in [0.29, 0.717) is 49.4 Å². The Balaban J connectivity index is 1.83. The van der Waals surface area contributed by atoms with Gasteiger partial charge in [0.05, 0.1) is 28.6 Å². The molecule has 36 heavy (non-hydrogen) atoms. The Bertz CT molecular complexity index is 1290. The lowest BCUT2D eigenvalue weighted by molar-refractivity contribution is 0.0601. The summed E-state index contributed by atoms with van der Waals surface area (Å²) >= 11 is 16.1. The van der Waals surface area contributed by atoms with E-state index >= 15 is 0 Å². The molecule has 0 bridgehead atoms. The molecule has 2 aromatic heterocycles. The summed E-state index contributed by atoms with van der Waals surface area (Å²) in [5, 5.41) is 11.1. The van der Waals surface area contributed by atoms with E-state index in [2.05, 4.69) is 31.7 Å². The molecule has 0 aliphatic heterocycles. The van der Waals surface area contributed by atoms with Gasteiger partial charge in [-0.2, -0.15) is 5.10 Å². The highest BCUT2D eigenvalue weighted by Gasteiger charge is 2.27. The average molecular weight is 617 g/mol. The van der Waals surface area contributed by atoms with Crippen LogP contribution in [0.5, 0.6) is 0 Å². The number of nitrogens with zero attached hydrogens (tertiary/aromatic N) is 3. The Morgan fingerprint density at radius 2 is 2.00 bits per heavy atom. The van der Waals surface area contributed by atoms with E-state index in [4.69, 9.17) is 28.6 Å². The lowest BCUT2D eigenvalue weighted by Crippen LogP contribution is -2.30. The second-order valence-corrected chi connectivity index (χ2v) is 10.2. The number of thiocarbonyl (C=S) groups is 1. The number of rotatable bonds is 8. The van der Waals surface area contributed by atoms with Gasteiger partial charge in [0, 0.05) is 29.9 Å². The third-order valence-corrected chi connectivity index (χ3v) is 7.67. The Morgan fingerprint density at radius 1 is 1.31 bits per heavy atom. The number of aromatic nitrogens is 2. The summed E-state index contributed by atoms with van der Waals surface area (Å²) in [7, 11) is 1.28. The summed E-state index contributed by atoms with van der Waals surface area (Å²) in [6.45, 7) is 6.67. The topological polar surface area (TPSA) is 88.5 Å². The van der Waals surface area contributed by atoms with Gasteiger partial charge in [-0.25, -0.2) is 9.18 Å². The zero-order valence-corrected chi connectivity index (χ0v) is 23.9. The number of halogens is 3. The number of hydrogen-bond acceptors (Lipinski definition) is 6. The van der Waals surface area contributed by atoms with Gasteiger partial charge in [0.25, 0.3) is 5.91 Å². The van der Waals surface area contributed by atoms with Gasteiger partial charge in [0.1, 0.15) is 10.8 Å². The van der Waals surface area contributed by atoms with Crippen LogP contribution in [-0.2, 0) is 11.3 Å². The highest BCUT2D eigenvalue weighted by Crippen LogP contribution is 2.35. The van der Waals surface area contributed by atoms with Crippen LogP contribution in [0.1, 0.15) is 45.0 Å². The highest BCUT2D eigenvalue weighted by atomic mass is 79.9. The lowest BCUT2D eigenvalue weighted by atomic mass is 10.1. The van der Waals surface area contributed by atoms with Crippen LogP contribution < -0.4 is 10.6 Å². The van der Waals surface area contributed by atoms with Crippen LogP contribution in [0.15, 0.2) is 28.9 Å². The molecule has 3 aromatic rings. The lowest BCUT2D eigenvalue weighted by Gasteiger charge is -2.17. The number of amides is 1. The first-order chi connectivity index (χ1) is 17.1. The largest absolute Gasteiger partial charge is 0.465 e. The first-order valence-corrected chi connectivity index (χ1v) is 13.3. The zero-order chi connectivity index (χ0) is 26.6. The number of thiophene rings is 1. The van der Waals surface area contributed by atoms with Crippen molar-refractivity contribution >= 4 is 78.9 Å². The Morgan fingerprint density at radius 3 is 2.61 bits per heavy atom. The molecule has 1 amide bonds. The van der Waals surface area contributed by atoms with Crippen LogP contribution in [0.25, 0.3) is 0 Å². The smallest absolute Gasteiger partial charge is 0.341 e. The van der Waals surface area contributed by atoms with Crippen molar-refractivity contribution in [2.24, 2.45) is 0 Å². The maximum Gasteiger partial charge on any atom is 0.341 e. The molecule has 2 heterocycles. The molecule has 1 aromatic carbocycles. The van der Waals surface area contributed by atoms with Gasteiger partial charge in [0.2, 0.25) is 0 Å². The van der Waals surface area contributed by atoms with Crippen molar-refractivity contribution in [3.63, 3.8) is 0 Å². The number of ether oxygens (including phenoxy) is 1. The standard InChI is InChI=1S/C23H24BrClFN5O3S2/c1-5-30(6-2)21(32)18-12(3)17(22(33)34-4)20(36-18)28-23(35)27-19-14(24)11-31(29-19)10-13-15(25)8-7-9-16(13)26/h7-9,11H,5-6,10H2,1-4H3,(H2,27,28,29,35). The minimum absolute atomic E-state index is 0.111. The molecule has 0 saturated heterocycles. The van der Waals surface area contributed by atoms with Crippen LogP contribution in [-0.4, -0.2) is 51.9 Å². The molecule has 0 spiro atoms. The normalized spacial score (nSPS) is 10.8. The predicted molar refractivity (Wildman–Crippen MR) is 148 cm³/mol. The van der Waals surface area contributed by atoms with Gasteiger partial charge in [-0.1, -0.05) is 17.7 Å². The molecule has 0 atom stereocenters. The summed E-state index contributed by atoms with van der Waals surface area (Å²) in [5.41, 5.74) is 1.06. The van der Waals surface area contributed by atoms with E-state index in [1.807, 2.05) is 13.8 Å². The van der Waals surface area contributed by atoms with Gasteiger partial charge in [-0.3, -0.25) is 9.48 Å². The van der Waals surface area contributed by atoms with Gasteiger partial charge in [0.15, 0.2) is 10.9 Å². The van der Waals surface area contributed by atoms with Gasteiger partial charge in [-0.05, 0) is 66.6 Å². The van der Waals surface area contributed by atoms with E-state index in [9.17, 15) is 14.0 Å². The van der Waals surface area contributed by atoms with Crippen molar-refractivity contribution < 1.29 is 18.7 Å². The predicted octanol–water partition coefficient (Wildman–Crippen LogP) is 5.93. The highest BCUT2D eigenvalue weighted by molar-refractivity contribution is 9.10. The number of nitrogens with one attached hydrogen (secondary N) is 2. The van der Waals surface area contributed by atoms with E-state index in [1.165, 1.54) is 23.9 Å². The second kappa shape index (κ2) is 12.1. The molecule has 0 saturated carbocycles. The molecular weight excluding hydrogens is 593 g/mol.